The van der Waals surface area contributed by atoms with Crippen LogP contribution in [0.25, 0.3) is 0 Å². The molecule has 0 fully saturated rings. The van der Waals surface area contributed by atoms with Crippen molar-refractivity contribution in [3.63, 3.8) is 0 Å². The molecule has 1 aromatic rings. The van der Waals surface area contributed by atoms with E-state index in [2.05, 4.69) is 18.7 Å². The molecule has 1 atom stereocenters. The molecule has 1 N–H and O–H groups in total. The van der Waals surface area contributed by atoms with Crippen LogP contribution >= 0.6 is 11.8 Å². The first-order valence-electron chi connectivity index (χ1n) is 6.31. The van der Waals surface area contributed by atoms with E-state index in [1.54, 1.807) is 0 Å². The van der Waals surface area contributed by atoms with Gasteiger partial charge >= 0.3 is 0 Å². The van der Waals surface area contributed by atoms with Gasteiger partial charge in [-0.05, 0) is 18.7 Å². The number of thioether (sulfide) groups is 1. The lowest BCUT2D eigenvalue weighted by Gasteiger charge is -2.18. The highest BCUT2D eigenvalue weighted by molar-refractivity contribution is 7.99. The maximum absolute atomic E-state index is 9.97. The van der Waals surface area contributed by atoms with Gasteiger partial charge in [-0.2, -0.15) is 11.8 Å². The Bertz CT molecular complexity index is 288. The van der Waals surface area contributed by atoms with Crippen LogP contribution in [0.3, 0.4) is 0 Å². The molecule has 1 rings (SSSR count). The molecule has 0 aliphatic heterocycles. The summed E-state index contributed by atoms with van der Waals surface area (Å²) in [6.07, 6.45) is -0.335. The molecule has 0 radical (unpaired) electrons. The second-order valence-electron chi connectivity index (χ2n) is 4.03. The Balaban J connectivity index is 2.19. The fourth-order valence-electron chi connectivity index (χ4n) is 1.70. The van der Waals surface area contributed by atoms with E-state index in [0.29, 0.717) is 0 Å². The highest BCUT2D eigenvalue weighted by Crippen LogP contribution is 2.17. The van der Waals surface area contributed by atoms with Crippen molar-refractivity contribution in [2.75, 3.05) is 31.1 Å². The predicted molar refractivity (Wildman–Crippen MR) is 76.5 cm³/mol. The van der Waals surface area contributed by atoms with E-state index in [0.717, 1.165) is 36.7 Å². The van der Waals surface area contributed by atoms with Gasteiger partial charge in [0.05, 0.1) is 6.10 Å². The smallest absolute Gasteiger partial charge is 0.0880 e. The third-order valence-electron chi connectivity index (χ3n) is 2.91. The maximum atomic E-state index is 9.97. The number of aliphatic hydroxyl groups excluding tert-OH is 1. The number of nitrogens with zero attached hydrogens (tertiary/aromatic N) is 1. The Morgan fingerprint density at radius 2 is 1.82 bits per heavy atom. The first-order valence-corrected chi connectivity index (χ1v) is 7.46. The molecule has 0 aliphatic carbocycles. The maximum Gasteiger partial charge on any atom is 0.0880 e. The predicted octanol–water partition coefficient (Wildman–Crippen LogP) is 2.80. The fourth-order valence-corrected chi connectivity index (χ4v) is 2.67. The van der Waals surface area contributed by atoms with Gasteiger partial charge in [0, 0.05) is 18.1 Å². The van der Waals surface area contributed by atoms with E-state index in [4.69, 9.17) is 0 Å². The van der Waals surface area contributed by atoms with Crippen LogP contribution in [0.15, 0.2) is 30.3 Å². The average molecular weight is 253 g/mol. The molecule has 0 saturated carbocycles. The lowest BCUT2D eigenvalue weighted by Crippen LogP contribution is -2.25. The van der Waals surface area contributed by atoms with Gasteiger partial charge in [-0.15, -0.1) is 0 Å². The molecule has 2 nitrogen and oxygen atoms in total. The van der Waals surface area contributed by atoms with E-state index in [9.17, 15) is 5.11 Å². The summed E-state index contributed by atoms with van der Waals surface area (Å²) < 4.78 is 0. The number of hydrogen-bond donors (Lipinski definition) is 1. The van der Waals surface area contributed by atoms with Crippen LogP contribution in [-0.2, 0) is 0 Å². The minimum Gasteiger partial charge on any atom is -0.388 e. The van der Waals surface area contributed by atoms with Gasteiger partial charge in [-0.25, -0.2) is 0 Å². The van der Waals surface area contributed by atoms with Gasteiger partial charge in [0.2, 0.25) is 0 Å². The molecule has 3 heteroatoms. The molecule has 0 bridgehead atoms. The summed E-state index contributed by atoms with van der Waals surface area (Å²) in [5.74, 6) is 1.87. The van der Waals surface area contributed by atoms with E-state index in [1.165, 1.54) is 0 Å². The van der Waals surface area contributed by atoms with Gasteiger partial charge in [0.1, 0.15) is 0 Å². The molecule has 0 amide bonds. The lowest BCUT2D eigenvalue weighted by atomic mass is 10.1. The Kier molecular flexibility index (Phi) is 7.33. The molecule has 17 heavy (non-hydrogen) atoms. The molecule has 0 aromatic heterocycles. The molecule has 96 valence electrons. The van der Waals surface area contributed by atoms with Crippen LogP contribution in [0.1, 0.15) is 25.5 Å². The zero-order valence-electron chi connectivity index (χ0n) is 10.8. The summed E-state index contributed by atoms with van der Waals surface area (Å²) in [7, 11) is 0. The van der Waals surface area contributed by atoms with Crippen LogP contribution in [0.2, 0.25) is 0 Å². The third kappa shape index (κ3) is 5.57. The van der Waals surface area contributed by atoms with E-state index < -0.39 is 0 Å². The molecule has 0 spiro atoms. The number of rotatable bonds is 8. The normalized spacial score (nSPS) is 12.9. The summed E-state index contributed by atoms with van der Waals surface area (Å²) in [6.45, 7) is 7.70. The van der Waals surface area contributed by atoms with Crippen LogP contribution in [0.4, 0.5) is 0 Å². The van der Waals surface area contributed by atoms with E-state index >= 15 is 0 Å². The quantitative estimate of drug-likeness (QED) is 0.721. The van der Waals surface area contributed by atoms with E-state index in [1.807, 2.05) is 42.1 Å². The topological polar surface area (TPSA) is 23.5 Å². The van der Waals surface area contributed by atoms with Gasteiger partial charge < -0.3 is 10.0 Å². The van der Waals surface area contributed by atoms with Crippen molar-refractivity contribution in [3.05, 3.63) is 35.9 Å². The fraction of sp³-hybridized carbons (Fsp3) is 0.571. The van der Waals surface area contributed by atoms with Crippen LogP contribution in [-0.4, -0.2) is 41.1 Å². The molecular weight excluding hydrogens is 230 g/mol. The van der Waals surface area contributed by atoms with Gasteiger partial charge in [0.15, 0.2) is 0 Å². The van der Waals surface area contributed by atoms with Crippen molar-refractivity contribution < 1.29 is 5.11 Å². The number of hydrogen-bond acceptors (Lipinski definition) is 3. The summed E-state index contributed by atoms with van der Waals surface area (Å²) in [4.78, 5) is 2.40. The Labute approximate surface area is 109 Å². The monoisotopic (exact) mass is 253 g/mol. The van der Waals surface area contributed by atoms with Crippen LogP contribution in [0.5, 0.6) is 0 Å². The van der Waals surface area contributed by atoms with Gasteiger partial charge in [-0.1, -0.05) is 44.2 Å². The van der Waals surface area contributed by atoms with Crippen molar-refractivity contribution in [1.29, 1.82) is 0 Å². The molecule has 1 aromatic carbocycles. The largest absolute Gasteiger partial charge is 0.388 e. The molecule has 0 aliphatic rings. The first-order chi connectivity index (χ1) is 8.27. The van der Waals surface area contributed by atoms with Gasteiger partial charge in [-0.3, -0.25) is 0 Å². The SMILES string of the molecule is CCN(CC)CCSC[C@@H](O)c1ccccc1. The summed E-state index contributed by atoms with van der Waals surface area (Å²) >= 11 is 1.82. The molecule has 0 saturated heterocycles. The van der Waals surface area contributed by atoms with Crippen molar-refractivity contribution in [1.82, 2.24) is 4.90 Å². The summed E-state index contributed by atoms with van der Waals surface area (Å²) in [6, 6.07) is 9.88. The number of aliphatic hydroxyl groups is 1. The number of benzene rings is 1. The van der Waals surface area contributed by atoms with Crippen molar-refractivity contribution in [2.45, 2.75) is 20.0 Å². The minimum absolute atomic E-state index is 0.335. The standard InChI is InChI=1S/C14H23NOS/c1-3-15(4-2)10-11-17-12-14(16)13-8-6-5-7-9-13/h5-9,14,16H,3-4,10-12H2,1-2H3/t14-/m1/s1. The van der Waals surface area contributed by atoms with Crippen molar-refractivity contribution in [3.8, 4) is 0 Å². The highest BCUT2D eigenvalue weighted by Gasteiger charge is 2.06. The van der Waals surface area contributed by atoms with Crippen molar-refractivity contribution >= 4 is 11.8 Å². The zero-order valence-corrected chi connectivity index (χ0v) is 11.6. The molecule has 0 heterocycles. The van der Waals surface area contributed by atoms with E-state index in [-0.39, 0.29) is 6.10 Å². The molecule has 0 unspecified atom stereocenters. The average Bonchev–Trinajstić information content (AvgIpc) is 2.40. The first kappa shape index (κ1) is 14.6. The molecular formula is C14H23NOS. The van der Waals surface area contributed by atoms with Gasteiger partial charge in [0.25, 0.3) is 0 Å². The van der Waals surface area contributed by atoms with Crippen molar-refractivity contribution in [2.24, 2.45) is 0 Å². The minimum atomic E-state index is -0.335. The Morgan fingerprint density at radius 3 is 2.41 bits per heavy atom. The van der Waals surface area contributed by atoms with Crippen LogP contribution < -0.4 is 0 Å². The zero-order chi connectivity index (χ0) is 12.5. The highest BCUT2D eigenvalue weighted by atomic mass is 32.2. The Morgan fingerprint density at radius 1 is 1.18 bits per heavy atom. The second-order valence-corrected chi connectivity index (χ2v) is 5.18. The Hall–Kier alpha value is -0.510. The van der Waals surface area contributed by atoms with Crippen LogP contribution in [0, 0.1) is 0 Å². The summed E-state index contributed by atoms with van der Waals surface area (Å²) in [5.41, 5.74) is 1.02. The third-order valence-corrected chi connectivity index (χ3v) is 3.93. The summed E-state index contributed by atoms with van der Waals surface area (Å²) in [5, 5.41) is 9.97. The lowest BCUT2D eigenvalue weighted by molar-refractivity contribution is 0.204. The second kappa shape index (κ2) is 8.56.